The van der Waals surface area contributed by atoms with E-state index in [0.29, 0.717) is 12.8 Å². The number of amides is 1. The SMILES string of the molecule is Cc1ccc(C)c(C(O)CCC(=O)NC(C)C)c1. The van der Waals surface area contributed by atoms with Gasteiger partial charge in [-0.1, -0.05) is 23.8 Å². The predicted octanol–water partition coefficient (Wildman–Crippen LogP) is 2.64. The van der Waals surface area contributed by atoms with Crippen LogP contribution in [0.1, 0.15) is 49.5 Å². The van der Waals surface area contributed by atoms with Crippen LogP contribution in [0.3, 0.4) is 0 Å². The summed E-state index contributed by atoms with van der Waals surface area (Å²) in [6, 6.07) is 6.16. The molecular formula is C15H23NO2. The Labute approximate surface area is 109 Å². The quantitative estimate of drug-likeness (QED) is 0.843. The van der Waals surface area contributed by atoms with Gasteiger partial charge in [-0.05, 0) is 45.2 Å². The zero-order valence-corrected chi connectivity index (χ0v) is 11.7. The first kappa shape index (κ1) is 14.7. The molecule has 1 rings (SSSR count). The second-order valence-electron chi connectivity index (χ2n) is 5.14. The Bertz CT molecular complexity index is 413. The number of aliphatic hydroxyl groups excluding tert-OH is 1. The highest BCUT2D eigenvalue weighted by molar-refractivity contribution is 5.76. The molecule has 1 aromatic rings. The van der Waals surface area contributed by atoms with Crippen molar-refractivity contribution in [1.29, 1.82) is 0 Å². The van der Waals surface area contributed by atoms with Crippen LogP contribution in [0, 0.1) is 13.8 Å². The fourth-order valence-electron chi connectivity index (χ4n) is 1.94. The lowest BCUT2D eigenvalue weighted by Gasteiger charge is -2.15. The first-order valence-corrected chi connectivity index (χ1v) is 6.44. The molecule has 0 aliphatic rings. The van der Waals surface area contributed by atoms with E-state index in [0.717, 1.165) is 16.7 Å². The van der Waals surface area contributed by atoms with Crippen LogP contribution in [0.5, 0.6) is 0 Å². The van der Waals surface area contributed by atoms with Crippen molar-refractivity contribution in [1.82, 2.24) is 5.32 Å². The van der Waals surface area contributed by atoms with Gasteiger partial charge in [-0.2, -0.15) is 0 Å². The smallest absolute Gasteiger partial charge is 0.220 e. The molecule has 1 amide bonds. The van der Waals surface area contributed by atoms with Crippen LogP contribution in [0.15, 0.2) is 18.2 Å². The molecular weight excluding hydrogens is 226 g/mol. The van der Waals surface area contributed by atoms with E-state index < -0.39 is 6.10 Å². The van der Waals surface area contributed by atoms with Gasteiger partial charge in [0.15, 0.2) is 0 Å². The third-order valence-corrected chi connectivity index (χ3v) is 2.89. The van der Waals surface area contributed by atoms with Crippen molar-refractivity contribution in [3.63, 3.8) is 0 Å². The molecule has 0 aromatic heterocycles. The molecule has 100 valence electrons. The Morgan fingerprint density at radius 1 is 1.33 bits per heavy atom. The summed E-state index contributed by atoms with van der Waals surface area (Å²) in [5.41, 5.74) is 3.12. The molecule has 1 atom stereocenters. The largest absolute Gasteiger partial charge is 0.388 e. The first-order chi connectivity index (χ1) is 8.40. The third kappa shape index (κ3) is 4.49. The van der Waals surface area contributed by atoms with Crippen molar-refractivity contribution in [2.45, 2.75) is 52.7 Å². The molecule has 18 heavy (non-hydrogen) atoms. The van der Waals surface area contributed by atoms with Crippen LogP contribution in [0.2, 0.25) is 0 Å². The van der Waals surface area contributed by atoms with E-state index in [4.69, 9.17) is 0 Å². The molecule has 0 fully saturated rings. The Kier molecular flexibility index (Phi) is 5.35. The standard InChI is InChI=1S/C15H23NO2/c1-10(2)16-15(18)8-7-14(17)13-9-11(3)5-6-12(13)4/h5-6,9-10,14,17H,7-8H2,1-4H3,(H,16,18). The molecule has 0 aliphatic carbocycles. The van der Waals surface area contributed by atoms with Gasteiger partial charge in [0.2, 0.25) is 5.91 Å². The highest BCUT2D eigenvalue weighted by Crippen LogP contribution is 2.22. The molecule has 3 nitrogen and oxygen atoms in total. The maximum absolute atomic E-state index is 11.5. The van der Waals surface area contributed by atoms with Crippen molar-refractivity contribution in [3.8, 4) is 0 Å². The number of benzene rings is 1. The lowest BCUT2D eigenvalue weighted by atomic mass is 9.98. The molecule has 0 saturated heterocycles. The lowest BCUT2D eigenvalue weighted by Crippen LogP contribution is -2.30. The van der Waals surface area contributed by atoms with E-state index in [2.05, 4.69) is 5.32 Å². The van der Waals surface area contributed by atoms with Crippen LogP contribution in [-0.4, -0.2) is 17.1 Å². The van der Waals surface area contributed by atoms with E-state index >= 15 is 0 Å². The molecule has 0 saturated carbocycles. The maximum atomic E-state index is 11.5. The zero-order valence-electron chi connectivity index (χ0n) is 11.7. The van der Waals surface area contributed by atoms with Gasteiger partial charge in [0.25, 0.3) is 0 Å². The summed E-state index contributed by atoms with van der Waals surface area (Å²) in [7, 11) is 0. The summed E-state index contributed by atoms with van der Waals surface area (Å²) in [6.45, 7) is 7.84. The van der Waals surface area contributed by atoms with E-state index in [9.17, 15) is 9.90 Å². The van der Waals surface area contributed by atoms with Crippen LogP contribution < -0.4 is 5.32 Å². The van der Waals surface area contributed by atoms with Crippen molar-refractivity contribution < 1.29 is 9.90 Å². The lowest BCUT2D eigenvalue weighted by molar-refractivity contribution is -0.122. The molecule has 0 heterocycles. The summed E-state index contributed by atoms with van der Waals surface area (Å²) < 4.78 is 0. The van der Waals surface area contributed by atoms with Crippen LogP contribution in [0.25, 0.3) is 0 Å². The first-order valence-electron chi connectivity index (χ1n) is 6.44. The summed E-state index contributed by atoms with van der Waals surface area (Å²) in [6.07, 6.45) is 0.248. The predicted molar refractivity (Wildman–Crippen MR) is 73.4 cm³/mol. The van der Waals surface area contributed by atoms with Crippen molar-refractivity contribution >= 4 is 5.91 Å². The van der Waals surface area contributed by atoms with E-state index in [1.54, 1.807) is 0 Å². The number of carbonyl (C=O) groups excluding carboxylic acids is 1. The zero-order chi connectivity index (χ0) is 13.7. The summed E-state index contributed by atoms with van der Waals surface area (Å²) in [4.78, 5) is 11.5. The van der Waals surface area contributed by atoms with Crippen molar-refractivity contribution in [2.75, 3.05) is 0 Å². The second-order valence-corrected chi connectivity index (χ2v) is 5.14. The monoisotopic (exact) mass is 249 g/mol. The average molecular weight is 249 g/mol. The Morgan fingerprint density at radius 2 is 2.00 bits per heavy atom. The molecule has 0 aliphatic heterocycles. The summed E-state index contributed by atoms with van der Waals surface area (Å²) in [5.74, 6) is -0.00523. The van der Waals surface area contributed by atoms with Gasteiger partial charge < -0.3 is 10.4 Å². The summed E-state index contributed by atoms with van der Waals surface area (Å²) >= 11 is 0. The second kappa shape index (κ2) is 6.55. The van der Waals surface area contributed by atoms with Gasteiger partial charge in [-0.3, -0.25) is 4.79 Å². The Hall–Kier alpha value is -1.35. The van der Waals surface area contributed by atoms with Crippen LogP contribution >= 0.6 is 0 Å². The number of hydrogen-bond acceptors (Lipinski definition) is 2. The number of carbonyl (C=O) groups is 1. The van der Waals surface area contributed by atoms with Crippen LogP contribution in [0.4, 0.5) is 0 Å². The minimum absolute atomic E-state index is 0.00523. The Balaban J connectivity index is 2.57. The molecule has 2 N–H and O–H groups in total. The van der Waals surface area contributed by atoms with Gasteiger partial charge in [0.05, 0.1) is 6.10 Å². The number of nitrogens with one attached hydrogen (secondary N) is 1. The molecule has 0 spiro atoms. The van der Waals surface area contributed by atoms with Gasteiger partial charge >= 0.3 is 0 Å². The van der Waals surface area contributed by atoms with Crippen molar-refractivity contribution in [2.24, 2.45) is 0 Å². The topological polar surface area (TPSA) is 49.3 Å². The molecule has 3 heteroatoms. The summed E-state index contributed by atoms with van der Waals surface area (Å²) in [5, 5.41) is 13.0. The minimum Gasteiger partial charge on any atom is -0.388 e. The number of aryl methyl sites for hydroxylation is 2. The average Bonchev–Trinajstić information content (AvgIpc) is 2.28. The number of rotatable bonds is 5. The van der Waals surface area contributed by atoms with Gasteiger partial charge in [0.1, 0.15) is 0 Å². The Morgan fingerprint density at radius 3 is 2.61 bits per heavy atom. The van der Waals surface area contributed by atoms with E-state index in [-0.39, 0.29) is 11.9 Å². The van der Waals surface area contributed by atoms with E-state index in [1.807, 2.05) is 45.9 Å². The molecule has 0 bridgehead atoms. The van der Waals surface area contributed by atoms with Gasteiger partial charge in [-0.25, -0.2) is 0 Å². The number of aliphatic hydroxyl groups is 1. The van der Waals surface area contributed by atoms with E-state index in [1.165, 1.54) is 0 Å². The highest BCUT2D eigenvalue weighted by Gasteiger charge is 2.13. The van der Waals surface area contributed by atoms with Crippen LogP contribution in [-0.2, 0) is 4.79 Å². The van der Waals surface area contributed by atoms with Crippen molar-refractivity contribution in [3.05, 3.63) is 34.9 Å². The minimum atomic E-state index is -0.567. The van der Waals surface area contributed by atoms with Gasteiger partial charge in [0, 0.05) is 12.5 Å². The maximum Gasteiger partial charge on any atom is 0.220 e. The molecule has 1 unspecified atom stereocenters. The van der Waals surface area contributed by atoms with Gasteiger partial charge in [-0.15, -0.1) is 0 Å². The normalized spacial score (nSPS) is 12.6. The highest BCUT2D eigenvalue weighted by atomic mass is 16.3. The third-order valence-electron chi connectivity index (χ3n) is 2.89. The fraction of sp³-hybridized carbons (Fsp3) is 0.533. The number of hydrogen-bond donors (Lipinski definition) is 2. The molecule has 1 aromatic carbocycles. The molecule has 0 radical (unpaired) electrons. The fourth-order valence-corrected chi connectivity index (χ4v) is 1.94.